The van der Waals surface area contributed by atoms with Crippen molar-refractivity contribution in [3.63, 3.8) is 0 Å². The Labute approximate surface area is 132 Å². The van der Waals surface area contributed by atoms with Crippen LogP contribution >= 0.6 is 0 Å². The summed E-state index contributed by atoms with van der Waals surface area (Å²) < 4.78 is 0. The van der Waals surface area contributed by atoms with E-state index in [0.717, 1.165) is 18.2 Å². The zero-order valence-corrected chi connectivity index (χ0v) is 13.8. The van der Waals surface area contributed by atoms with E-state index >= 15 is 0 Å². The fraction of sp³-hybridized carbons (Fsp3) is 0.333. The third kappa shape index (κ3) is 4.32. The van der Waals surface area contributed by atoms with Crippen molar-refractivity contribution in [3.05, 3.63) is 64.5 Å². The fourth-order valence-electron chi connectivity index (χ4n) is 2.56. The zero-order valence-electron chi connectivity index (χ0n) is 13.8. The van der Waals surface area contributed by atoms with E-state index in [4.69, 9.17) is 0 Å². The molecule has 2 rings (SSSR count). The molecule has 2 N–H and O–H groups in total. The molecule has 4 nitrogen and oxygen atoms in total. The summed E-state index contributed by atoms with van der Waals surface area (Å²) in [6.07, 6.45) is 1.80. The Morgan fingerprint density at radius 1 is 1.05 bits per heavy atom. The summed E-state index contributed by atoms with van der Waals surface area (Å²) in [5.41, 5.74) is 6.24. The molecule has 0 fully saturated rings. The van der Waals surface area contributed by atoms with Crippen molar-refractivity contribution in [2.45, 2.75) is 33.9 Å². The first kappa shape index (κ1) is 16.0. The molecule has 0 radical (unpaired) electrons. The quantitative estimate of drug-likeness (QED) is 0.674. The summed E-state index contributed by atoms with van der Waals surface area (Å²) in [5.74, 6) is 0.782. The number of nitrogens with zero attached hydrogens (tertiary/aromatic N) is 2. The van der Waals surface area contributed by atoms with Gasteiger partial charge in [-0.15, -0.1) is 0 Å². The minimum Gasteiger partial charge on any atom is -0.352 e. The molecule has 0 aliphatic rings. The Bertz CT molecular complexity index is 624. The third-order valence-corrected chi connectivity index (χ3v) is 3.66. The van der Waals surface area contributed by atoms with Gasteiger partial charge in [0, 0.05) is 19.8 Å². The van der Waals surface area contributed by atoms with Crippen LogP contribution in [0.3, 0.4) is 0 Å². The second-order valence-corrected chi connectivity index (χ2v) is 5.48. The molecule has 0 atom stereocenters. The highest BCUT2D eigenvalue weighted by molar-refractivity contribution is 5.79. The molecule has 0 aliphatic carbocycles. The second kappa shape index (κ2) is 7.59. The van der Waals surface area contributed by atoms with Gasteiger partial charge in [0.25, 0.3) is 0 Å². The number of hydrogen-bond acceptors (Lipinski definition) is 2. The predicted molar refractivity (Wildman–Crippen MR) is 91.9 cm³/mol. The Morgan fingerprint density at radius 2 is 1.73 bits per heavy atom. The molecular weight excluding hydrogens is 272 g/mol. The average molecular weight is 296 g/mol. The maximum absolute atomic E-state index is 4.30. The van der Waals surface area contributed by atoms with Gasteiger partial charge in [0.1, 0.15) is 0 Å². The van der Waals surface area contributed by atoms with E-state index in [-0.39, 0.29) is 0 Å². The number of benzene rings is 1. The maximum Gasteiger partial charge on any atom is 0.191 e. The summed E-state index contributed by atoms with van der Waals surface area (Å²) in [4.78, 5) is 8.56. The van der Waals surface area contributed by atoms with E-state index in [1.165, 1.54) is 22.3 Å². The monoisotopic (exact) mass is 296 g/mol. The average Bonchev–Trinajstić information content (AvgIpc) is 2.50. The van der Waals surface area contributed by atoms with Crippen molar-refractivity contribution in [1.29, 1.82) is 0 Å². The topological polar surface area (TPSA) is 49.3 Å². The van der Waals surface area contributed by atoms with Crippen molar-refractivity contribution >= 4 is 5.96 Å². The fourth-order valence-corrected chi connectivity index (χ4v) is 2.56. The van der Waals surface area contributed by atoms with Crippen molar-refractivity contribution in [2.75, 3.05) is 7.05 Å². The van der Waals surface area contributed by atoms with Gasteiger partial charge in [-0.25, -0.2) is 0 Å². The highest BCUT2D eigenvalue weighted by Crippen LogP contribution is 2.15. The van der Waals surface area contributed by atoms with E-state index in [0.29, 0.717) is 6.54 Å². The van der Waals surface area contributed by atoms with Gasteiger partial charge in [0.15, 0.2) is 5.96 Å². The van der Waals surface area contributed by atoms with E-state index in [2.05, 4.69) is 53.5 Å². The van der Waals surface area contributed by atoms with Gasteiger partial charge in [-0.2, -0.15) is 0 Å². The van der Waals surface area contributed by atoms with Gasteiger partial charge in [-0.3, -0.25) is 9.98 Å². The van der Waals surface area contributed by atoms with Crippen LogP contribution in [-0.2, 0) is 13.1 Å². The summed E-state index contributed by atoms with van der Waals surface area (Å²) in [5, 5.41) is 6.65. The zero-order chi connectivity index (χ0) is 15.9. The molecule has 0 saturated heterocycles. The van der Waals surface area contributed by atoms with Crippen LogP contribution in [0.5, 0.6) is 0 Å². The smallest absolute Gasteiger partial charge is 0.191 e. The molecule has 1 heterocycles. The number of aromatic nitrogens is 1. The van der Waals surface area contributed by atoms with Crippen molar-refractivity contribution in [2.24, 2.45) is 4.99 Å². The van der Waals surface area contributed by atoms with Gasteiger partial charge in [0.05, 0.1) is 12.2 Å². The van der Waals surface area contributed by atoms with E-state index in [9.17, 15) is 0 Å². The number of aliphatic imine (C=N–C) groups is 1. The summed E-state index contributed by atoms with van der Waals surface area (Å²) in [6, 6.07) is 10.3. The minimum atomic E-state index is 0.659. The highest BCUT2D eigenvalue weighted by Gasteiger charge is 2.05. The summed E-state index contributed by atoms with van der Waals surface area (Å²) >= 11 is 0. The number of guanidine groups is 1. The van der Waals surface area contributed by atoms with E-state index in [1.54, 1.807) is 13.2 Å². The van der Waals surface area contributed by atoms with E-state index < -0.39 is 0 Å². The molecule has 0 unspecified atom stereocenters. The van der Waals surface area contributed by atoms with Crippen LogP contribution in [0.4, 0.5) is 0 Å². The number of hydrogen-bond donors (Lipinski definition) is 2. The number of pyridine rings is 1. The molecule has 1 aromatic carbocycles. The van der Waals surface area contributed by atoms with Gasteiger partial charge < -0.3 is 10.6 Å². The third-order valence-electron chi connectivity index (χ3n) is 3.66. The lowest BCUT2D eigenvalue weighted by molar-refractivity contribution is 0.789. The lowest BCUT2D eigenvalue weighted by Crippen LogP contribution is -2.36. The standard InChI is InChI=1S/C18H24N4/c1-13-9-14(2)17(15(3)10-13)12-22-18(19-4)21-11-16-7-5-6-8-20-16/h5-10H,11-12H2,1-4H3,(H2,19,21,22). The molecule has 0 spiro atoms. The molecule has 22 heavy (non-hydrogen) atoms. The Kier molecular flexibility index (Phi) is 5.53. The van der Waals surface area contributed by atoms with E-state index in [1.807, 2.05) is 18.2 Å². The van der Waals surface area contributed by atoms with Gasteiger partial charge in [-0.05, 0) is 49.6 Å². The molecule has 4 heteroatoms. The number of rotatable bonds is 4. The van der Waals surface area contributed by atoms with Crippen LogP contribution in [0.2, 0.25) is 0 Å². The Morgan fingerprint density at radius 3 is 2.32 bits per heavy atom. The van der Waals surface area contributed by atoms with Crippen molar-refractivity contribution in [3.8, 4) is 0 Å². The summed E-state index contributed by atoms with van der Waals surface area (Å²) in [6.45, 7) is 7.86. The van der Waals surface area contributed by atoms with Gasteiger partial charge >= 0.3 is 0 Å². The molecule has 1 aromatic heterocycles. The first-order valence-electron chi connectivity index (χ1n) is 7.51. The Balaban J connectivity index is 1.95. The lowest BCUT2D eigenvalue weighted by atomic mass is 10.00. The predicted octanol–water partition coefficient (Wildman–Crippen LogP) is 2.87. The molecule has 2 aromatic rings. The first-order valence-corrected chi connectivity index (χ1v) is 7.51. The van der Waals surface area contributed by atoms with Crippen LogP contribution in [0.15, 0.2) is 41.5 Å². The normalized spacial score (nSPS) is 11.4. The first-order chi connectivity index (χ1) is 10.6. The number of aryl methyl sites for hydroxylation is 3. The molecule has 0 aliphatic heterocycles. The molecule has 116 valence electrons. The lowest BCUT2D eigenvalue weighted by Gasteiger charge is -2.15. The van der Waals surface area contributed by atoms with Crippen LogP contribution in [0.1, 0.15) is 27.9 Å². The van der Waals surface area contributed by atoms with Crippen LogP contribution in [0.25, 0.3) is 0 Å². The number of nitrogens with one attached hydrogen (secondary N) is 2. The maximum atomic E-state index is 4.30. The largest absolute Gasteiger partial charge is 0.352 e. The van der Waals surface area contributed by atoms with Gasteiger partial charge in [-0.1, -0.05) is 23.8 Å². The van der Waals surface area contributed by atoms with Crippen LogP contribution in [0, 0.1) is 20.8 Å². The Hall–Kier alpha value is -2.36. The highest BCUT2D eigenvalue weighted by atomic mass is 15.2. The molecular formula is C18H24N4. The van der Waals surface area contributed by atoms with Gasteiger partial charge in [0.2, 0.25) is 0 Å². The van der Waals surface area contributed by atoms with Crippen molar-refractivity contribution in [1.82, 2.24) is 15.6 Å². The minimum absolute atomic E-state index is 0.659. The molecule has 0 amide bonds. The van der Waals surface area contributed by atoms with Crippen LogP contribution < -0.4 is 10.6 Å². The molecule has 0 saturated carbocycles. The van der Waals surface area contributed by atoms with Crippen LogP contribution in [-0.4, -0.2) is 18.0 Å². The molecule has 0 bridgehead atoms. The SMILES string of the molecule is CN=C(NCc1ccccn1)NCc1c(C)cc(C)cc1C. The van der Waals surface area contributed by atoms with Crippen molar-refractivity contribution < 1.29 is 0 Å². The second-order valence-electron chi connectivity index (χ2n) is 5.48. The summed E-state index contributed by atoms with van der Waals surface area (Å²) in [7, 11) is 1.78.